The highest BCUT2D eigenvalue weighted by atomic mass is 35.5. The summed E-state index contributed by atoms with van der Waals surface area (Å²) in [7, 11) is 0. The van der Waals surface area contributed by atoms with Crippen LogP contribution in [0.5, 0.6) is 0 Å². The summed E-state index contributed by atoms with van der Waals surface area (Å²) < 4.78 is 13.3. The molecule has 0 saturated carbocycles. The van der Waals surface area contributed by atoms with E-state index in [1.165, 1.54) is 17.1 Å². The largest absolute Gasteiger partial charge is 1.00 e. The van der Waals surface area contributed by atoms with E-state index in [2.05, 4.69) is 10.1 Å². The third-order valence-corrected chi connectivity index (χ3v) is 5.02. The summed E-state index contributed by atoms with van der Waals surface area (Å²) >= 11 is 1.59. The van der Waals surface area contributed by atoms with E-state index in [1.807, 2.05) is 17.5 Å². The van der Waals surface area contributed by atoms with E-state index in [9.17, 15) is 9.18 Å². The van der Waals surface area contributed by atoms with Gasteiger partial charge in [0.25, 0.3) is 5.91 Å². The van der Waals surface area contributed by atoms with E-state index in [0.717, 1.165) is 16.2 Å². The van der Waals surface area contributed by atoms with Crippen LogP contribution in [0.2, 0.25) is 0 Å². The summed E-state index contributed by atoms with van der Waals surface area (Å²) in [5, 5.41) is 8.07. The van der Waals surface area contributed by atoms with Crippen molar-refractivity contribution in [1.82, 2.24) is 9.99 Å². The molecule has 1 aliphatic heterocycles. The van der Waals surface area contributed by atoms with Crippen molar-refractivity contribution in [2.45, 2.75) is 12.5 Å². The van der Waals surface area contributed by atoms with Crippen LogP contribution in [0, 0.1) is 5.82 Å². The summed E-state index contributed by atoms with van der Waals surface area (Å²) in [4.78, 5) is 17.9. The molecule has 3 heterocycles. The Morgan fingerprint density at radius 3 is 2.50 bits per heavy atom. The Bertz CT molecular complexity index is 914. The van der Waals surface area contributed by atoms with Crippen molar-refractivity contribution in [1.29, 1.82) is 0 Å². The first-order valence-electron chi connectivity index (χ1n) is 7.83. The number of hydrogen-bond donors (Lipinski definition) is 0. The molecule has 1 aromatic carbocycles. The van der Waals surface area contributed by atoms with Gasteiger partial charge in [-0.2, -0.15) is 5.10 Å². The molecule has 4 nitrogen and oxygen atoms in total. The number of halogens is 2. The van der Waals surface area contributed by atoms with Crippen LogP contribution in [0.3, 0.4) is 0 Å². The average Bonchev–Trinajstić information content (AvgIpc) is 3.32. The molecule has 0 spiro atoms. The van der Waals surface area contributed by atoms with Crippen molar-refractivity contribution in [2.24, 2.45) is 5.10 Å². The SMILES string of the molecule is O=C(c1ccncc1)N1N=C(c2cccs2)CC1c1ccc(F)cc1.[Cl-]. The van der Waals surface area contributed by atoms with Crippen LogP contribution < -0.4 is 12.4 Å². The Balaban J connectivity index is 0.00000196. The number of hydrazone groups is 1. The number of nitrogens with zero attached hydrogens (tertiary/aromatic N) is 3. The zero-order valence-electron chi connectivity index (χ0n) is 13.5. The Morgan fingerprint density at radius 1 is 1.12 bits per heavy atom. The van der Waals surface area contributed by atoms with Gasteiger partial charge in [-0.25, -0.2) is 9.40 Å². The number of benzene rings is 1. The number of amides is 1. The standard InChI is InChI=1S/C19H14FN3OS.ClH/c20-15-5-3-13(4-6-15)17-12-16(18-2-1-11-25-18)22-23(17)19(24)14-7-9-21-10-8-14;/h1-11,17H,12H2;1H/p-1. The summed E-state index contributed by atoms with van der Waals surface area (Å²) in [5.41, 5.74) is 2.25. The molecule has 4 rings (SSSR count). The average molecular weight is 387 g/mol. The number of pyridine rings is 1. The predicted molar refractivity (Wildman–Crippen MR) is 95.0 cm³/mol. The Hall–Kier alpha value is -2.57. The third-order valence-electron chi connectivity index (χ3n) is 4.11. The quantitative estimate of drug-likeness (QED) is 0.680. The lowest BCUT2D eigenvalue weighted by Crippen LogP contribution is -3.00. The first-order chi connectivity index (χ1) is 12.2. The lowest BCUT2D eigenvalue weighted by molar-refractivity contribution is -0.0000157. The van der Waals surface area contributed by atoms with E-state index >= 15 is 0 Å². The molecule has 1 atom stereocenters. The summed E-state index contributed by atoms with van der Waals surface area (Å²) in [6.45, 7) is 0. The summed E-state index contributed by atoms with van der Waals surface area (Å²) in [6.07, 6.45) is 3.77. The van der Waals surface area contributed by atoms with Crippen LogP contribution in [0.1, 0.15) is 33.3 Å². The normalized spacial score (nSPS) is 16.1. The van der Waals surface area contributed by atoms with Gasteiger partial charge in [-0.1, -0.05) is 18.2 Å². The second-order valence-electron chi connectivity index (χ2n) is 5.68. The molecule has 3 aromatic rings. The molecule has 1 unspecified atom stereocenters. The Kier molecular flexibility index (Phi) is 5.44. The van der Waals surface area contributed by atoms with E-state index < -0.39 is 0 Å². The molecule has 1 amide bonds. The van der Waals surface area contributed by atoms with Gasteiger partial charge < -0.3 is 12.4 Å². The molecule has 132 valence electrons. The van der Waals surface area contributed by atoms with Crippen LogP contribution in [0.4, 0.5) is 4.39 Å². The van der Waals surface area contributed by atoms with Crippen LogP contribution >= 0.6 is 11.3 Å². The van der Waals surface area contributed by atoms with Gasteiger partial charge in [0.1, 0.15) is 5.82 Å². The number of thiophene rings is 1. The molecule has 0 saturated heterocycles. The maximum atomic E-state index is 13.3. The fraction of sp³-hybridized carbons (Fsp3) is 0.105. The predicted octanol–water partition coefficient (Wildman–Crippen LogP) is 1.28. The van der Waals surface area contributed by atoms with E-state index in [4.69, 9.17) is 0 Å². The highest BCUT2D eigenvalue weighted by molar-refractivity contribution is 7.12. The Morgan fingerprint density at radius 2 is 1.85 bits per heavy atom. The zero-order valence-corrected chi connectivity index (χ0v) is 15.1. The molecule has 0 aliphatic carbocycles. The van der Waals surface area contributed by atoms with Crippen LogP contribution in [-0.2, 0) is 0 Å². The van der Waals surface area contributed by atoms with E-state index in [1.54, 1.807) is 48.0 Å². The number of carbonyl (C=O) groups is 1. The smallest absolute Gasteiger partial charge is 0.274 e. The third kappa shape index (κ3) is 3.52. The lowest BCUT2D eigenvalue weighted by atomic mass is 10.0. The highest BCUT2D eigenvalue weighted by Crippen LogP contribution is 2.34. The second-order valence-corrected chi connectivity index (χ2v) is 6.63. The van der Waals surface area contributed by atoms with Crippen molar-refractivity contribution in [3.8, 4) is 0 Å². The molecule has 7 heteroatoms. The molecular formula is C19H14ClFN3OS-. The molecule has 26 heavy (non-hydrogen) atoms. The van der Waals surface area contributed by atoms with Gasteiger partial charge in [-0.3, -0.25) is 9.78 Å². The minimum absolute atomic E-state index is 0. The number of rotatable bonds is 3. The maximum absolute atomic E-state index is 13.3. The molecule has 0 fully saturated rings. The molecule has 0 bridgehead atoms. The monoisotopic (exact) mass is 386 g/mol. The van der Waals surface area contributed by atoms with Crippen LogP contribution in [0.15, 0.2) is 71.4 Å². The molecule has 1 aliphatic rings. The van der Waals surface area contributed by atoms with Crippen molar-refractivity contribution in [2.75, 3.05) is 0 Å². The van der Waals surface area contributed by atoms with Crippen molar-refractivity contribution in [3.63, 3.8) is 0 Å². The van der Waals surface area contributed by atoms with E-state index in [-0.39, 0.29) is 30.2 Å². The van der Waals surface area contributed by atoms with Crippen molar-refractivity contribution < 1.29 is 21.6 Å². The molecule has 2 aromatic heterocycles. The first-order valence-corrected chi connectivity index (χ1v) is 8.71. The minimum Gasteiger partial charge on any atom is -1.00 e. The van der Waals surface area contributed by atoms with Gasteiger partial charge in [-0.05, 0) is 41.3 Å². The van der Waals surface area contributed by atoms with Crippen molar-refractivity contribution in [3.05, 3.63) is 88.1 Å². The van der Waals surface area contributed by atoms with Gasteiger partial charge in [-0.15, -0.1) is 11.3 Å². The fourth-order valence-corrected chi connectivity index (χ4v) is 3.58. The molecular weight excluding hydrogens is 373 g/mol. The highest BCUT2D eigenvalue weighted by Gasteiger charge is 2.33. The summed E-state index contributed by atoms with van der Waals surface area (Å²) in [5.74, 6) is -0.489. The lowest BCUT2D eigenvalue weighted by Gasteiger charge is -2.22. The van der Waals surface area contributed by atoms with Gasteiger partial charge in [0.15, 0.2) is 0 Å². The van der Waals surface area contributed by atoms with Crippen LogP contribution in [0.25, 0.3) is 0 Å². The van der Waals surface area contributed by atoms with Gasteiger partial charge >= 0.3 is 0 Å². The maximum Gasteiger partial charge on any atom is 0.274 e. The number of aromatic nitrogens is 1. The number of carbonyl (C=O) groups excluding carboxylic acids is 1. The Labute approximate surface area is 160 Å². The number of hydrogen-bond acceptors (Lipinski definition) is 4. The minimum atomic E-state index is -0.298. The topological polar surface area (TPSA) is 45.6 Å². The summed E-state index contributed by atoms with van der Waals surface area (Å²) in [6, 6.07) is 13.3. The fourth-order valence-electron chi connectivity index (χ4n) is 2.86. The second kappa shape index (κ2) is 7.76. The molecule has 0 N–H and O–H groups in total. The van der Waals surface area contributed by atoms with Gasteiger partial charge in [0, 0.05) is 24.4 Å². The zero-order chi connectivity index (χ0) is 17.2. The molecule has 0 radical (unpaired) electrons. The van der Waals surface area contributed by atoms with Crippen molar-refractivity contribution >= 4 is 23.0 Å². The van der Waals surface area contributed by atoms with Gasteiger partial charge in [0.05, 0.1) is 16.6 Å². The first kappa shape index (κ1) is 18.2. The van der Waals surface area contributed by atoms with Gasteiger partial charge in [0.2, 0.25) is 0 Å². The van der Waals surface area contributed by atoms with Crippen LogP contribution in [-0.4, -0.2) is 21.6 Å². The van der Waals surface area contributed by atoms with E-state index in [0.29, 0.717) is 12.0 Å².